The Morgan fingerprint density at radius 2 is 2.07 bits per heavy atom. The summed E-state index contributed by atoms with van der Waals surface area (Å²) in [5.74, 6) is 0.247. The third-order valence-electron chi connectivity index (χ3n) is 2.84. The lowest BCUT2D eigenvalue weighted by atomic mass is 9.84. The molecular formula is C9H19NO3S. The molecular weight excluding hydrogens is 202 g/mol. The van der Waals surface area contributed by atoms with Gasteiger partial charge in [-0.25, -0.2) is 8.42 Å². The molecule has 1 aliphatic rings. The minimum absolute atomic E-state index is 0.0103. The van der Waals surface area contributed by atoms with Crippen LogP contribution in [0.2, 0.25) is 0 Å². The van der Waals surface area contributed by atoms with Crippen LogP contribution in [-0.4, -0.2) is 39.7 Å². The number of hydrogen-bond acceptors (Lipinski definition) is 4. The zero-order chi connectivity index (χ0) is 10.8. The van der Waals surface area contributed by atoms with Crippen molar-refractivity contribution in [1.29, 1.82) is 0 Å². The van der Waals surface area contributed by atoms with Gasteiger partial charge in [-0.3, -0.25) is 0 Å². The van der Waals surface area contributed by atoms with Gasteiger partial charge in [-0.2, -0.15) is 0 Å². The summed E-state index contributed by atoms with van der Waals surface area (Å²) in [5, 5.41) is 0. The molecule has 1 aliphatic carbocycles. The molecule has 0 aromatic rings. The minimum atomic E-state index is -2.92. The van der Waals surface area contributed by atoms with Crippen LogP contribution in [0.3, 0.4) is 0 Å². The zero-order valence-electron chi connectivity index (χ0n) is 8.77. The lowest BCUT2D eigenvalue weighted by Gasteiger charge is -2.32. The molecule has 2 N–H and O–H groups in total. The first kappa shape index (κ1) is 11.9. The van der Waals surface area contributed by atoms with E-state index in [0.29, 0.717) is 0 Å². The van der Waals surface area contributed by atoms with Crippen LogP contribution in [0.5, 0.6) is 0 Å². The van der Waals surface area contributed by atoms with Gasteiger partial charge in [0.25, 0.3) is 0 Å². The van der Waals surface area contributed by atoms with E-state index < -0.39 is 9.84 Å². The van der Waals surface area contributed by atoms with Crippen molar-refractivity contribution in [2.45, 2.75) is 31.4 Å². The van der Waals surface area contributed by atoms with Crippen LogP contribution in [0, 0.1) is 5.92 Å². The Kier molecular flexibility index (Phi) is 3.92. The van der Waals surface area contributed by atoms with E-state index in [9.17, 15) is 8.42 Å². The second kappa shape index (κ2) is 4.59. The summed E-state index contributed by atoms with van der Waals surface area (Å²) in [6.07, 6.45) is 4.01. The molecule has 1 fully saturated rings. The topological polar surface area (TPSA) is 69.4 Å². The SMILES string of the molecule is CO[C@@H]1CC[C@H](N)[C@@H](CS(C)(=O)=O)C1. The standard InChI is InChI=1S/C9H19NO3S/c1-13-8-3-4-9(10)7(5-8)6-14(2,11)12/h7-9H,3-6,10H2,1-2H3/t7-,8-,9+/m1/s1. The third-order valence-corrected chi connectivity index (χ3v) is 3.88. The van der Waals surface area contributed by atoms with E-state index in [1.54, 1.807) is 7.11 Å². The average molecular weight is 221 g/mol. The van der Waals surface area contributed by atoms with Crippen LogP contribution in [0.4, 0.5) is 0 Å². The molecule has 0 bridgehead atoms. The molecule has 0 aromatic heterocycles. The smallest absolute Gasteiger partial charge is 0.147 e. The molecule has 1 rings (SSSR count). The van der Waals surface area contributed by atoms with E-state index in [0.717, 1.165) is 19.3 Å². The Labute approximate surface area is 85.7 Å². The highest BCUT2D eigenvalue weighted by molar-refractivity contribution is 7.90. The van der Waals surface area contributed by atoms with Gasteiger partial charge < -0.3 is 10.5 Å². The summed E-state index contributed by atoms with van der Waals surface area (Å²) in [6, 6.07) is 0.0103. The molecule has 0 heterocycles. The average Bonchev–Trinajstić information content (AvgIpc) is 2.06. The van der Waals surface area contributed by atoms with E-state index in [4.69, 9.17) is 10.5 Å². The van der Waals surface area contributed by atoms with Crippen molar-refractivity contribution in [3.05, 3.63) is 0 Å². The second-order valence-corrected chi connectivity index (χ2v) is 6.37. The van der Waals surface area contributed by atoms with E-state index in [2.05, 4.69) is 0 Å². The Hall–Kier alpha value is -0.130. The molecule has 1 saturated carbocycles. The molecule has 0 saturated heterocycles. The van der Waals surface area contributed by atoms with Gasteiger partial charge in [-0.1, -0.05) is 0 Å². The van der Waals surface area contributed by atoms with Crippen molar-refractivity contribution in [2.75, 3.05) is 19.1 Å². The molecule has 0 radical (unpaired) electrons. The van der Waals surface area contributed by atoms with Gasteiger partial charge in [-0.05, 0) is 25.2 Å². The molecule has 3 atom stereocenters. The highest BCUT2D eigenvalue weighted by Gasteiger charge is 2.30. The van der Waals surface area contributed by atoms with Crippen LogP contribution >= 0.6 is 0 Å². The van der Waals surface area contributed by atoms with Crippen LogP contribution in [0.15, 0.2) is 0 Å². The fourth-order valence-electron chi connectivity index (χ4n) is 2.04. The molecule has 14 heavy (non-hydrogen) atoms. The van der Waals surface area contributed by atoms with E-state index >= 15 is 0 Å². The lowest BCUT2D eigenvalue weighted by Crippen LogP contribution is -2.41. The quantitative estimate of drug-likeness (QED) is 0.737. The molecule has 0 aromatic carbocycles. The van der Waals surface area contributed by atoms with Crippen LogP contribution < -0.4 is 5.73 Å². The summed E-state index contributed by atoms with van der Waals surface area (Å²) in [4.78, 5) is 0. The number of nitrogens with two attached hydrogens (primary N) is 1. The van der Waals surface area contributed by atoms with Gasteiger partial charge in [0.15, 0.2) is 0 Å². The Morgan fingerprint density at radius 3 is 2.57 bits per heavy atom. The maximum atomic E-state index is 11.1. The predicted octanol–water partition coefficient (Wildman–Crippen LogP) is 0.173. The van der Waals surface area contributed by atoms with Crippen molar-refractivity contribution in [1.82, 2.24) is 0 Å². The van der Waals surface area contributed by atoms with Crippen LogP contribution in [-0.2, 0) is 14.6 Å². The van der Waals surface area contributed by atoms with Crippen molar-refractivity contribution >= 4 is 9.84 Å². The van der Waals surface area contributed by atoms with Crippen molar-refractivity contribution in [2.24, 2.45) is 11.7 Å². The third kappa shape index (κ3) is 3.55. The van der Waals surface area contributed by atoms with Crippen molar-refractivity contribution in [3.8, 4) is 0 Å². The summed E-state index contributed by atoms with van der Waals surface area (Å²) >= 11 is 0. The normalized spacial score (nSPS) is 34.4. The Bertz CT molecular complexity index is 276. The fraction of sp³-hybridized carbons (Fsp3) is 1.00. The molecule has 5 heteroatoms. The fourth-order valence-corrected chi connectivity index (χ4v) is 3.20. The molecule has 84 valence electrons. The van der Waals surface area contributed by atoms with Gasteiger partial charge in [0.1, 0.15) is 9.84 Å². The van der Waals surface area contributed by atoms with Gasteiger partial charge in [0, 0.05) is 19.4 Å². The minimum Gasteiger partial charge on any atom is -0.381 e. The number of methoxy groups -OCH3 is 1. The van der Waals surface area contributed by atoms with E-state index in [1.807, 2.05) is 0 Å². The summed E-state index contributed by atoms with van der Waals surface area (Å²) in [6.45, 7) is 0. The molecule has 0 spiro atoms. The number of ether oxygens (including phenoxy) is 1. The zero-order valence-corrected chi connectivity index (χ0v) is 9.59. The van der Waals surface area contributed by atoms with Gasteiger partial charge in [-0.15, -0.1) is 0 Å². The van der Waals surface area contributed by atoms with Crippen LogP contribution in [0.1, 0.15) is 19.3 Å². The molecule has 0 aliphatic heterocycles. The molecule has 4 nitrogen and oxygen atoms in total. The summed E-state index contributed by atoms with van der Waals surface area (Å²) in [7, 11) is -1.26. The van der Waals surface area contributed by atoms with E-state index in [-0.39, 0.29) is 23.8 Å². The lowest BCUT2D eigenvalue weighted by molar-refractivity contribution is 0.0482. The first-order valence-corrected chi connectivity index (χ1v) is 6.94. The summed E-state index contributed by atoms with van der Waals surface area (Å²) in [5.41, 5.74) is 5.88. The molecule has 0 unspecified atom stereocenters. The van der Waals surface area contributed by atoms with Crippen molar-refractivity contribution in [3.63, 3.8) is 0 Å². The van der Waals surface area contributed by atoms with Gasteiger partial charge in [0.05, 0.1) is 11.9 Å². The largest absolute Gasteiger partial charge is 0.381 e. The highest BCUT2D eigenvalue weighted by atomic mass is 32.2. The Morgan fingerprint density at radius 1 is 1.43 bits per heavy atom. The Balaban J connectivity index is 2.57. The number of sulfone groups is 1. The first-order valence-electron chi connectivity index (χ1n) is 4.88. The predicted molar refractivity (Wildman–Crippen MR) is 55.8 cm³/mol. The second-order valence-electron chi connectivity index (χ2n) is 4.19. The maximum absolute atomic E-state index is 11.1. The first-order chi connectivity index (χ1) is 6.42. The monoisotopic (exact) mass is 221 g/mol. The van der Waals surface area contributed by atoms with Gasteiger partial charge >= 0.3 is 0 Å². The van der Waals surface area contributed by atoms with Crippen molar-refractivity contribution < 1.29 is 13.2 Å². The highest BCUT2D eigenvalue weighted by Crippen LogP contribution is 2.26. The summed E-state index contributed by atoms with van der Waals surface area (Å²) < 4.78 is 27.5. The van der Waals surface area contributed by atoms with Crippen LogP contribution in [0.25, 0.3) is 0 Å². The number of rotatable bonds is 3. The molecule has 0 amide bonds. The van der Waals surface area contributed by atoms with E-state index in [1.165, 1.54) is 6.26 Å². The maximum Gasteiger partial charge on any atom is 0.147 e. The number of hydrogen-bond donors (Lipinski definition) is 1. The van der Waals surface area contributed by atoms with Gasteiger partial charge in [0.2, 0.25) is 0 Å².